The third kappa shape index (κ3) is 4.17. The maximum Gasteiger partial charge on any atom is 0.228 e. The molecule has 1 heterocycles. The van der Waals surface area contributed by atoms with Gasteiger partial charge in [-0.15, -0.1) is 0 Å². The van der Waals surface area contributed by atoms with E-state index in [2.05, 4.69) is 11.4 Å². The zero-order valence-corrected chi connectivity index (χ0v) is 15.8. The highest BCUT2D eigenvalue weighted by molar-refractivity contribution is 5.94. The molecule has 0 bridgehead atoms. The summed E-state index contributed by atoms with van der Waals surface area (Å²) in [7, 11) is 0. The van der Waals surface area contributed by atoms with Crippen LogP contribution in [-0.4, -0.2) is 19.0 Å². The molecule has 4 rings (SSSR count). The van der Waals surface area contributed by atoms with Crippen molar-refractivity contribution in [3.05, 3.63) is 84.4 Å². The molecule has 1 N–H and O–H groups in total. The molecule has 4 heteroatoms. The molecule has 0 radical (unpaired) electrons. The molecule has 0 aromatic heterocycles. The smallest absolute Gasteiger partial charge is 0.228 e. The molecule has 3 aromatic carbocycles. The maximum absolute atomic E-state index is 12.8. The Hall–Kier alpha value is -3.27. The van der Waals surface area contributed by atoms with Gasteiger partial charge in [0, 0.05) is 25.2 Å². The minimum Gasteiger partial charge on any atom is -0.455 e. The van der Waals surface area contributed by atoms with Crippen LogP contribution in [0.1, 0.15) is 18.4 Å². The van der Waals surface area contributed by atoms with Crippen molar-refractivity contribution in [2.75, 3.05) is 23.3 Å². The largest absolute Gasteiger partial charge is 0.455 e. The van der Waals surface area contributed by atoms with Crippen molar-refractivity contribution in [3.63, 3.8) is 0 Å². The average molecular weight is 372 g/mol. The summed E-state index contributed by atoms with van der Waals surface area (Å²) in [5, 5.41) is 3.35. The van der Waals surface area contributed by atoms with Gasteiger partial charge in [-0.2, -0.15) is 0 Å². The van der Waals surface area contributed by atoms with Gasteiger partial charge in [-0.3, -0.25) is 4.79 Å². The van der Waals surface area contributed by atoms with Crippen molar-refractivity contribution in [2.45, 2.75) is 19.3 Å². The van der Waals surface area contributed by atoms with Crippen LogP contribution in [-0.2, 0) is 11.2 Å². The average Bonchev–Trinajstić information content (AvgIpc) is 2.75. The summed E-state index contributed by atoms with van der Waals surface area (Å²) in [6.07, 6.45) is 2.50. The van der Waals surface area contributed by atoms with E-state index in [4.69, 9.17) is 4.74 Å². The van der Waals surface area contributed by atoms with Crippen LogP contribution >= 0.6 is 0 Å². The highest BCUT2D eigenvalue weighted by Gasteiger charge is 2.21. The van der Waals surface area contributed by atoms with Gasteiger partial charge in [0.2, 0.25) is 5.91 Å². The number of carbonyl (C=O) groups excluding carboxylic acids is 1. The quantitative estimate of drug-likeness (QED) is 0.642. The van der Waals surface area contributed by atoms with Gasteiger partial charge in [0.25, 0.3) is 0 Å². The third-order valence-corrected chi connectivity index (χ3v) is 4.92. The summed E-state index contributed by atoms with van der Waals surface area (Å²) in [4.78, 5) is 14.7. The van der Waals surface area contributed by atoms with Gasteiger partial charge in [0.15, 0.2) is 5.75 Å². The molecule has 0 saturated heterocycles. The first kappa shape index (κ1) is 18.1. The van der Waals surface area contributed by atoms with Crippen LogP contribution < -0.4 is 15.0 Å². The van der Waals surface area contributed by atoms with Crippen LogP contribution in [0.15, 0.2) is 78.9 Å². The molecule has 1 aliphatic rings. The van der Waals surface area contributed by atoms with Gasteiger partial charge in [-0.05, 0) is 48.7 Å². The lowest BCUT2D eigenvalue weighted by Gasteiger charge is -2.29. The van der Waals surface area contributed by atoms with Gasteiger partial charge < -0.3 is 15.0 Å². The van der Waals surface area contributed by atoms with Gasteiger partial charge >= 0.3 is 0 Å². The number of nitrogens with zero attached hydrogens (tertiary/aromatic N) is 1. The first-order valence-corrected chi connectivity index (χ1v) is 9.75. The second-order valence-corrected chi connectivity index (χ2v) is 6.87. The molecule has 0 spiro atoms. The summed E-state index contributed by atoms with van der Waals surface area (Å²) in [6, 6.07) is 25.7. The Bertz CT molecular complexity index is 940. The summed E-state index contributed by atoms with van der Waals surface area (Å²) < 4.78 is 5.97. The fourth-order valence-electron chi connectivity index (χ4n) is 3.55. The Balaban J connectivity index is 1.38. The highest BCUT2D eigenvalue weighted by Crippen LogP contribution is 2.30. The summed E-state index contributed by atoms with van der Waals surface area (Å²) in [6.45, 7) is 1.36. The number of carbonyl (C=O) groups is 1. The van der Waals surface area contributed by atoms with Crippen LogP contribution in [0.4, 0.5) is 11.4 Å². The second kappa shape index (κ2) is 8.61. The number of ether oxygens (including phenoxy) is 1. The molecule has 0 fully saturated rings. The minimum atomic E-state index is 0.154. The van der Waals surface area contributed by atoms with E-state index in [-0.39, 0.29) is 5.91 Å². The lowest BCUT2D eigenvalue weighted by Crippen LogP contribution is -2.36. The first-order chi connectivity index (χ1) is 13.8. The molecule has 3 aromatic rings. The predicted molar refractivity (Wildman–Crippen MR) is 113 cm³/mol. The predicted octanol–water partition coefficient (Wildman–Crippen LogP) is 5.26. The monoisotopic (exact) mass is 372 g/mol. The lowest BCUT2D eigenvalue weighted by molar-refractivity contribution is -0.118. The van der Waals surface area contributed by atoms with E-state index in [1.54, 1.807) is 0 Å². The van der Waals surface area contributed by atoms with E-state index in [0.29, 0.717) is 13.0 Å². The first-order valence-electron chi connectivity index (χ1n) is 9.75. The van der Waals surface area contributed by atoms with Gasteiger partial charge in [0.05, 0.1) is 5.69 Å². The molecule has 0 unspecified atom stereocenters. The Morgan fingerprint density at radius 2 is 1.68 bits per heavy atom. The summed E-state index contributed by atoms with van der Waals surface area (Å²) in [5.41, 5.74) is 3.21. The van der Waals surface area contributed by atoms with E-state index in [1.165, 1.54) is 5.56 Å². The summed E-state index contributed by atoms with van der Waals surface area (Å²) in [5.74, 6) is 1.70. The number of fused-ring (bicyclic) bond motifs is 1. The fraction of sp³-hybridized carbons (Fsp3) is 0.208. The topological polar surface area (TPSA) is 41.6 Å². The second-order valence-electron chi connectivity index (χ2n) is 6.87. The number of hydrogen-bond acceptors (Lipinski definition) is 3. The van der Waals surface area contributed by atoms with E-state index in [9.17, 15) is 4.79 Å². The molecular weight excluding hydrogens is 348 g/mol. The third-order valence-electron chi connectivity index (χ3n) is 4.92. The number of amides is 1. The number of nitrogens with one attached hydrogen (secondary N) is 1. The molecule has 142 valence electrons. The van der Waals surface area contributed by atoms with Crippen molar-refractivity contribution in [3.8, 4) is 11.5 Å². The fourth-order valence-corrected chi connectivity index (χ4v) is 3.55. The van der Waals surface area contributed by atoms with Gasteiger partial charge in [-0.25, -0.2) is 0 Å². The highest BCUT2D eigenvalue weighted by atomic mass is 16.5. The maximum atomic E-state index is 12.8. The molecular formula is C24H24N2O2. The number of rotatable bonds is 6. The van der Waals surface area contributed by atoms with Crippen molar-refractivity contribution in [2.24, 2.45) is 0 Å². The van der Waals surface area contributed by atoms with Crippen molar-refractivity contribution in [1.82, 2.24) is 0 Å². The molecule has 28 heavy (non-hydrogen) atoms. The van der Waals surface area contributed by atoms with Crippen LogP contribution in [0.5, 0.6) is 11.5 Å². The minimum absolute atomic E-state index is 0.154. The zero-order chi connectivity index (χ0) is 19.2. The number of hydrogen-bond donors (Lipinski definition) is 1. The molecule has 4 nitrogen and oxygen atoms in total. The molecule has 0 atom stereocenters. The normalized spacial score (nSPS) is 12.9. The Morgan fingerprint density at radius 1 is 0.929 bits per heavy atom. The lowest BCUT2D eigenvalue weighted by atomic mass is 10.0. The number of aryl methyl sites for hydroxylation is 1. The SMILES string of the molecule is O=C(CCNc1ccccc1Oc1ccccc1)N1CCCc2ccccc21. The van der Waals surface area contributed by atoms with Gasteiger partial charge in [0.1, 0.15) is 5.75 Å². The molecule has 0 saturated carbocycles. The number of benzene rings is 3. The summed E-state index contributed by atoms with van der Waals surface area (Å²) >= 11 is 0. The Morgan fingerprint density at radius 3 is 2.57 bits per heavy atom. The van der Waals surface area contributed by atoms with Crippen molar-refractivity contribution >= 4 is 17.3 Å². The van der Waals surface area contributed by atoms with E-state index < -0.39 is 0 Å². The van der Waals surface area contributed by atoms with Crippen LogP contribution in [0, 0.1) is 0 Å². The van der Waals surface area contributed by atoms with Crippen LogP contribution in [0.2, 0.25) is 0 Å². The van der Waals surface area contributed by atoms with Gasteiger partial charge in [-0.1, -0.05) is 48.5 Å². The molecule has 1 aliphatic heterocycles. The van der Waals surface area contributed by atoms with E-state index in [1.807, 2.05) is 77.7 Å². The standard InChI is InChI=1S/C24H24N2O2/c27-24(26-18-8-10-19-9-4-6-14-22(19)26)16-17-25-21-13-5-7-15-23(21)28-20-11-2-1-3-12-20/h1-7,9,11-15,25H,8,10,16-18H2. The zero-order valence-electron chi connectivity index (χ0n) is 15.8. The molecule has 1 amide bonds. The van der Waals surface area contributed by atoms with Crippen LogP contribution in [0.25, 0.3) is 0 Å². The van der Waals surface area contributed by atoms with Crippen molar-refractivity contribution < 1.29 is 9.53 Å². The molecule has 0 aliphatic carbocycles. The number of para-hydroxylation sites is 4. The van der Waals surface area contributed by atoms with Crippen molar-refractivity contribution in [1.29, 1.82) is 0 Å². The van der Waals surface area contributed by atoms with Crippen LogP contribution in [0.3, 0.4) is 0 Å². The van der Waals surface area contributed by atoms with E-state index >= 15 is 0 Å². The Labute approximate surface area is 165 Å². The Kier molecular flexibility index (Phi) is 5.57. The van der Waals surface area contributed by atoms with E-state index in [0.717, 1.165) is 42.3 Å². The number of anilines is 2.